The summed E-state index contributed by atoms with van der Waals surface area (Å²) in [6, 6.07) is 12.5. The summed E-state index contributed by atoms with van der Waals surface area (Å²) in [6.45, 7) is 0.338. The van der Waals surface area contributed by atoms with Crippen molar-refractivity contribution in [1.82, 2.24) is 10.6 Å². The molecule has 7 heteroatoms. The molecule has 3 amide bonds. The second kappa shape index (κ2) is 9.78. The van der Waals surface area contributed by atoms with Gasteiger partial charge in [-0.3, -0.25) is 10.1 Å². The Balaban J connectivity index is 1.61. The van der Waals surface area contributed by atoms with Crippen molar-refractivity contribution in [3.63, 3.8) is 0 Å². The fourth-order valence-electron chi connectivity index (χ4n) is 2.00. The van der Waals surface area contributed by atoms with Crippen molar-refractivity contribution < 1.29 is 18.4 Å². The smallest absolute Gasteiger partial charge is 0.321 e. The van der Waals surface area contributed by atoms with Crippen LogP contribution in [-0.4, -0.2) is 17.7 Å². The molecule has 132 valence electrons. The van der Waals surface area contributed by atoms with E-state index < -0.39 is 17.7 Å². The van der Waals surface area contributed by atoms with Gasteiger partial charge in [0.1, 0.15) is 0 Å². The molecular formula is C18H18F2N2O2S. The molecule has 2 N–H and O–H groups in total. The highest BCUT2D eigenvalue weighted by atomic mass is 32.2. The van der Waals surface area contributed by atoms with Crippen molar-refractivity contribution in [3.05, 3.63) is 71.3 Å². The average molecular weight is 364 g/mol. The van der Waals surface area contributed by atoms with Gasteiger partial charge in [0.05, 0.1) is 0 Å². The number of halogens is 2. The highest BCUT2D eigenvalue weighted by Gasteiger charge is 2.08. The van der Waals surface area contributed by atoms with Crippen LogP contribution in [0.3, 0.4) is 0 Å². The first-order valence-corrected chi connectivity index (χ1v) is 8.83. The first-order valence-electron chi connectivity index (χ1n) is 7.68. The van der Waals surface area contributed by atoms with Crippen LogP contribution >= 0.6 is 11.8 Å². The van der Waals surface area contributed by atoms with Crippen LogP contribution in [0.5, 0.6) is 0 Å². The van der Waals surface area contributed by atoms with E-state index in [9.17, 15) is 18.4 Å². The molecule has 0 bridgehead atoms. The van der Waals surface area contributed by atoms with E-state index in [2.05, 4.69) is 10.6 Å². The summed E-state index contributed by atoms with van der Waals surface area (Å²) < 4.78 is 25.9. The maximum Gasteiger partial charge on any atom is 0.321 e. The van der Waals surface area contributed by atoms with Crippen molar-refractivity contribution in [3.8, 4) is 0 Å². The van der Waals surface area contributed by atoms with E-state index in [1.54, 1.807) is 0 Å². The second-order valence-corrected chi connectivity index (χ2v) is 6.37. The number of imide groups is 1. The molecule has 2 aromatic rings. The number of rotatable bonds is 7. The molecule has 0 aliphatic rings. The predicted octanol–water partition coefficient (Wildman–Crippen LogP) is 3.61. The maximum atomic E-state index is 13.1. The van der Waals surface area contributed by atoms with Crippen LogP contribution in [0.2, 0.25) is 0 Å². The molecule has 0 radical (unpaired) electrons. The Morgan fingerprint density at radius 1 is 0.960 bits per heavy atom. The maximum absolute atomic E-state index is 13.1. The lowest BCUT2D eigenvalue weighted by atomic mass is 10.2. The lowest BCUT2D eigenvalue weighted by molar-refractivity contribution is -0.119. The molecule has 0 aliphatic heterocycles. The van der Waals surface area contributed by atoms with Gasteiger partial charge in [0.2, 0.25) is 5.91 Å². The van der Waals surface area contributed by atoms with Crippen LogP contribution in [0, 0.1) is 11.6 Å². The molecule has 0 heterocycles. The number of nitrogens with one attached hydrogen (secondary N) is 2. The normalized spacial score (nSPS) is 10.3. The van der Waals surface area contributed by atoms with Crippen LogP contribution in [0.25, 0.3) is 0 Å². The van der Waals surface area contributed by atoms with E-state index in [-0.39, 0.29) is 12.3 Å². The molecule has 0 unspecified atom stereocenters. The van der Waals surface area contributed by atoms with Crippen molar-refractivity contribution in [2.75, 3.05) is 5.75 Å². The number of hydrogen-bond acceptors (Lipinski definition) is 3. The van der Waals surface area contributed by atoms with Crippen LogP contribution in [0.1, 0.15) is 17.5 Å². The summed E-state index contributed by atoms with van der Waals surface area (Å²) in [5.74, 6) is -1.22. The Morgan fingerprint density at radius 2 is 1.72 bits per heavy atom. The quantitative estimate of drug-likeness (QED) is 0.738. The summed E-state index contributed by atoms with van der Waals surface area (Å²) in [6.07, 6.45) is 0.160. The van der Waals surface area contributed by atoms with Gasteiger partial charge in [-0.05, 0) is 23.3 Å². The lowest BCUT2D eigenvalue weighted by Crippen LogP contribution is -2.39. The standard InChI is InChI=1S/C18H18F2N2O2S/c19-15-7-6-14(10-16(15)20)12-25-9-8-17(23)22-18(24)21-11-13-4-2-1-3-5-13/h1-7,10H,8-9,11-12H2,(H2,21,22,23,24). The number of benzene rings is 2. The Kier molecular flexibility index (Phi) is 7.40. The molecule has 0 atom stereocenters. The van der Waals surface area contributed by atoms with E-state index >= 15 is 0 Å². The summed E-state index contributed by atoms with van der Waals surface area (Å²) in [7, 11) is 0. The molecule has 0 saturated carbocycles. The number of carbonyl (C=O) groups is 2. The summed E-state index contributed by atoms with van der Waals surface area (Å²) in [5.41, 5.74) is 1.58. The third kappa shape index (κ3) is 6.93. The molecular weight excluding hydrogens is 346 g/mol. The minimum absolute atomic E-state index is 0.160. The molecule has 25 heavy (non-hydrogen) atoms. The van der Waals surface area contributed by atoms with Gasteiger partial charge in [-0.25, -0.2) is 13.6 Å². The molecule has 2 rings (SSSR count). The van der Waals surface area contributed by atoms with Crippen LogP contribution < -0.4 is 10.6 Å². The first kappa shape index (κ1) is 18.9. The van der Waals surface area contributed by atoms with Gasteiger partial charge >= 0.3 is 6.03 Å². The minimum atomic E-state index is -0.883. The number of thioether (sulfide) groups is 1. The summed E-state index contributed by atoms with van der Waals surface area (Å²) in [4.78, 5) is 23.3. The van der Waals surface area contributed by atoms with Gasteiger partial charge in [-0.15, -0.1) is 0 Å². The van der Waals surface area contributed by atoms with Crippen molar-refractivity contribution in [2.45, 2.75) is 18.7 Å². The van der Waals surface area contributed by atoms with Crippen molar-refractivity contribution in [2.24, 2.45) is 0 Å². The van der Waals surface area contributed by atoms with E-state index in [1.807, 2.05) is 30.3 Å². The molecule has 4 nitrogen and oxygen atoms in total. The summed E-state index contributed by atoms with van der Waals surface area (Å²) in [5, 5.41) is 4.86. The highest BCUT2D eigenvalue weighted by Crippen LogP contribution is 2.15. The first-order chi connectivity index (χ1) is 12.0. The zero-order valence-corrected chi connectivity index (χ0v) is 14.2. The van der Waals surface area contributed by atoms with E-state index in [1.165, 1.54) is 17.8 Å². The summed E-state index contributed by atoms with van der Waals surface area (Å²) >= 11 is 1.40. The van der Waals surface area contributed by atoms with Gasteiger partial charge in [0, 0.05) is 24.5 Å². The third-order valence-electron chi connectivity index (χ3n) is 3.28. The zero-order chi connectivity index (χ0) is 18.1. The Bertz CT molecular complexity index is 726. The van der Waals surface area contributed by atoms with Crippen molar-refractivity contribution in [1.29, 1.82) is 0 Å². The lowest BCUT2D eigenvalue weighted by Gasteiger charge is -2.07. The monoisotopic (exact) mass is 364 g/mol. The Labute approximate surface area is 149 Å². The van der Waals surface area contributed by atoms with Crippen molar-refractivity contribution >= 4 is 23.7 Å². The van der Waals surface area contributed by atoms with Crippen LogP contribution in [0.4, 0.5) is 13.6 Å². The molecule has 0 fully saturated rings. The predicted molar refractivity (Wildman–Crippen MR) is 94.0 cm³/mol. The molecule has 0 saturated heterocycles. The average Bonchev–Trinajstić information content (AvgIpc) is 2.61. The fraction of sp³-hybridized carbons (Fsp3) is 0.222. The largest absolute Gasteiger partial charge is 0.334 e. The van der Waals surface area contributed by atoms with Crippen LogP contribution in [0.15, 0.2) is 48.5 Å². The minimum Gasteiger partial charge on any atom is -0.334 e. The topological polar surface area (TPSA) is 58.2 Å². The van der Waals surface area contributed by atoms with Gasteiger partial charge < -0.3 is 5.32 Å². The van der Waals surface area contributed by atoms with E-state index in [0.717, 1.165) is 17.7 Å². The Morgan fingerprint density at radius 3 is 2.44 bits per heavy atom. The molecule has 0 spiro atoms. The number of amides is 3. The molecule has 2 aromatic carbocycles. The SMILES string of the molecule is O=C(CCSCc1ccc(F)c(F)c1)NC(=O)NCc1ccccc1. The van der Waals surface area contributed by atoms with Gasteiger partial charge in [-0.1, -0.05) is 36.4 Å². The Hall–Kier alpha value is -2.41. The van der Waals surface area contributed by atoms with Gasteiger partial charge in [0.15, 0.2) is 11.6 Å². The number of urea groups is 1. The van der Waals surface area contributed by atoms with Gasteiger partial charge in [0.25, 0.3) is 0 Å². The highest BCUT2D eigenvalue weighted by molar-refractivity contribution is 7.98. The third-order valence-corrected chi connectivity index (χ3v) is 4.31. The number of hydrogen-bond donors (Lipinski definition) is 2. The zero-order valence-electron chi connectivity index (χ0n) is 13.4. The van der Waals surface area contributed by atoms with E-state index in [0.29, 0.717) is 23.6 Å². The molecule has 0 aliphatic carbocycles. The molecule has 0 aromatic heterocycles. The second-order valence-electron chi connectivity index (χ2n) is 5.27. The van der Waals surface area contributed by atoms with Crippen LogP contribution in [-0.2, 0) is 17.1 Å². The fourth-order valence-corrected chi connectivity index (χ4v) is 2.89. The number of carbonyl (C=O) groups excluding carboxylic acids is 2. The van der Waals surface area contributed by atoms with E-state index in [4.69, 9.17) is 0 Å². The van der Waals surface area contributed by atoms with Gasteiger partial charge in [-0.2, -0.15) is 11.8 Å².